The monoisotopic (exact) mass is 265 g/mol. The van der Waals surface area contributed by atoms with Gasteiger partial charge >= 0.3 is 0 Å². The lowest BCUT2D eigenvalue weighted by atomic mass is 10.1. The van der Waals surface area contributed by atoms with E-state index in [-0.39, 0.29) is 5.91 Å². The summed E-state index contributed by atoms with van der Waals surface area (Å²) in [5.41, 5.74) is 1.91. The van der Waals surface area contributed by atoms with Gasteiger partial charge in [0.15, 0.2) is 0 Å². The first-order valence-electron chi connectivity index (χ1n) is 6.07. The molecule has 0 radical (unpaired) electrons. The van der Waals surface area contributed by atoms with E-state index in [4.69, 9.17) is 0 Å². The molecule has 0 unspecified atom stereocenters. The average Bonchev–Trinajstić information content (AvgIpc) is 2.40. The predicted octanol–water partition coefficient (Wildman–Crippen LogP) is 1.45. The molecule has 0 atom stereocenters. The highest BCUT2D eigenvalue weighted by Crippen LogP contribution is 2.17. The summed E-state index contributed by atoms with van der Waals surface area (Å²) in [7, 11) is 2.15. The third kappa shape index (κ3) is 3.17. The third-order valence-corrected chi connectivity index (χ3v) is 3.58. The first kappa shape index (κ1) is 13.2. The van der Waals surface area contributed by atoms with Gasteiger partial charge in [0.2, 0.25) is 0 Å². The lowest BCUT2D eigenvalue weighted by molar-refractivity contribution is 0.0984. The Hall–Kier alpha value is -1.20. The maximum Gasteiger partial charge on any atom is 0.261 e. The van der Waals surface area contributed by atoms with E-state index in [2.05, 4.69) is 21.6 Å². The fourth-order valence-corrected chi connectivity index (χ4v) is 2.34. The molecule has 1 aromatic rings. The molecule has 1 aromatic carbocycles. The second-order valence-electron chi connectivity index (χ2n) is 4.47. The van der Waals surface area contributed by atoms with Gasteiger partial charge in [0.25, 0.3) is 5.91 Å². The molecule has 0 saturated carbocycles. The van der Waals surface area contributed by atoms with Crippen LogP contribution in [0.25, 0.3) is 0 Å². The Bertz CT molecular complexity index is 399. The van der Waals surface area contributed by atoms with Crippen molar-refractivity contribution in [1.82, 2.24) is 9.62 Å². The van der Waals surface area contributed by atoms with Gasteiger partial charge in [-0.05, 0) is 31.3 Å². The lowest BCUT2D eigenvalue weighted by Crippen LogP contribution is -2.44. The summed E-state index contributed by atoms with van der Waals surface area (Å²) in [5.74, 6) is -0.0348. The van der Waals surface area contributed by atoms with E-state index in [1.807, 2.05) is 30.5 Å². The van der Waals surface area contributed by atoms with Gasteiger partial charge in [-0.1, -0.05) is 11.9 Å². The Kier molecular flexibility index (Phi) is 4.49. The smallest absolute Gasteiger partial charge is 0.261 e. The molecular formula is C13H19N3OS. The van der Waals surface area contributed by atoms with Crippen LogP contribution in [-0.2, 0) is 0 Å². The van der Waals surface area contributed by atoms with Gasteiger partial charge in [0.1, 0.15) is 0 Å². The maximum absolute atomic E-state index is 11.6. The fraction of sp³-hybridized carbons (Fsp3) is 0.462. The topological polar surface area (TPSA) is 35.6 Å². The second kappa shape index (κ2) is 6.11. The number of likely N-dealkylation sites (N-methyl/N-ethyl adjacent to an activating group) is 1. The van der Waals surface area contributed by atoms with E-state index < -0.39 is 0 Å². The van der Waals surface area contributed by atoms with Gasteiger partial charge in [-0.25, -0.2) is 0 Å². The van der Waals surface area contributed by atoms with E-state index in [1.54, 1.807) is 0 Å². The Labute approximate surface area is 112 Å². The summed E-state index contributed by atoms with van der Waals surface area (Å²) in [4.78, 5) is 16.3. The van der Waals surface area contributed by atoms with Crippen LogP contribution in [-0.4, -0.2) is 50.3 Å². The first-order valence-corrected chi connectivity index (χ1v) is 7.30. The Morgan fingerprint density at radius 2 is 1.78 bits per heavy atom. The molecule has 1 aliphatic rings. The average molecular weight is 265 g/mol. The molecular weight excluding hydrogens is 246 g/mol. The van der Waals surface area contributed by atoms with Crippen LogP contribution in [0.2, 0.25) is 0 Å². The van der Waals surface area contributed by atoms with Crippen LogP contribution in [0.3, 0.4) is 0 Å². The fourth-order valence-electron chi connectivity index (χ4n) is 2.04. The lowest BCUT2D eigenvalue weighted by Gasteiger charge is -2.34. The molecule has 1 saturated heterocycles. The van der Waals surface area contributed by atoms with Crippen LogP contribution in [0.5, 0.6) is 0 Å². The molecule has 2 rings (SSSR count). The van der Waals surface area contributed by atoms with Crippen LogP contribution in [0, 0.1) is 0 Å². The summed E-state index contributed by atoms with van der Waals surface area (Å²) >= 11 is 1.32. The van der Waals surface area contributed by atoms with Crippen molar-refractivity contribution in [2.75, 3.05) is 44.4 Å². The molecule has 5 heteroatoms. The number of hydrogen-bond acceptors (Lipinski definition) is 4. The molecule has 1 N–H and O–H groups in total. The second-order valence-corrected chi connectivity index (χ2v) is 5.08. The van der Waals surface area contributed by atoms with E-state index in [9.17, 15) is 4.79 Å². The van der Waals surface area contributed by atoms with E-state index >= 15 is 0 Å². The normalized spacial score (nSPS) is 16.7. The van der Waals surface area contributed by atoms with E-state index in [1.165, 1.54) is 17.6 Å². The van der Waals surface area contributed by atoms with Crippen molar-refractivity contribution in [2.24, 2.45) is 0 Å². The number of anilines is 1. The molecule has 98 valence electrons. The number of benzene rings is 1. The van der Waals surface area contributed by atoms with Crippen LogP contribution in [0.1, 0.15) is 10.4 Å². The van der Waals surface area contributed by atoms with Gasteiger partial charge in [-0.3, -0.25) is 9.52 Å². The molecule has 0 aromatic heterocycles. The third-order valence-electron chi connectivity index (χ3n) is 3.19. The minimum atomic E-state index is -0.0348. The van der Waals surface area contributed by atoms with Crippen LogP contribution in [0.15, 0.2) is 24.3 Å². The van der Waals surface area contributed by atoms with Gasteiger partial charge in [-0.2, -0.15) is 0 Å². The zero-order valence-corrected chi connectivity index (χ0v) is 11.7. The summed E-state index contributed by atoms with van der Waals surface area (Å²) in [5, 5.41) is 0. The molecule has 18 heavy (non-hydrogen) atoms. The van der Waals surface area contributed by atoms with E-state index in [0.29, 0.717) is 5.56 Å². The number of carbonyl (C=O) groups excluding carboxylic acids is 1. The number of nitrogens with one attached hydrogen (secondary N) is 1. The summed E-state index contributed by atoms with van der Waals surface area (Å²) < 4.78 is 2.72. The van der Waals surface area contributed by atoms with Gasteiger partial charge in [0, 0.05) is 43.7 Å². The summed E-state index contributed by atoms with van der Waals surface area (Å²) in [6.45, 7) is 4.28. The zero-order valence-electron chi connectivity index (χ0n) is 10.8. The molecule has 1 aliphatic heterocycles. The number of amides is 1. The minimum Gasteiger partial charge on any atom is -0.369 e. The highest BCUT2D eigenvalue weighted by Gasteiger charge is 2.14. The molecule has 1 fully saturated rings. The Balaban J connectivity index is 2.01. The number of carbonyl (C=O) groups is 1. The van der Waals surface area contributed by atoms with Gasteiger partial charge in [0.05, 0.1) is 0 Å². The Morgan fingerprint density at radius 1 is 1.17 bits per heavy atom. The molecule has 0 spiro atoms. The van der Waals surface area contributed by atoms with Crippen molar-refractivity contribution in [2.45, 2.75) is 0 Å². The van der Waals surface area contributed by atoms with Crippen molar-refractivity contribution in [3.63, 3.8) is 0 Å². The van der Waals surface area contributed by atoms with Crippen molar-refractivity contribution in [1.29, 1.82) is 0 Å². The molecule has 0 aliphatic carbocycles. The molecule has 1 amide bonds. The van der Waals surface area contributed by atoms with Gasteiger partial charge < -0.3 is 9.80 Å². The number of hydrogen-bond donors (Lipinski definition) is 1. The number of piperazine rings is 1. The highest BCUT2D eigenvalue weighted by molar-refractivity contribution is 7.97. The molecule has 4 nitrogen and oxygen atoms in total. The van der Waals surface area contributed by atoms with Crippen molar-refractivity contribution in [3.05, 3.63) is 29.8 Å². The van der Waals surface area contributed by atoms with E-state index in [0.717, 1.165) is 26.2 Å². The van der Waals surface area contributed by atoms with Crippen molar-refractivity contribution < 1.29 is 4.79 Å². The summed E-state index contributed by atoms with van der Waals surface area (Å²) in [6, 6.07) is 7.83. The standard InChI is InChI=1S/C13H19N3OS/c1-15-7-9-16(10-8-15)12-5-3-11(4-6-12)13(17)14-18-2/h3-6H,7-10H2,1-2H3,(H,14,17). The maximum atomic E-state index is 11.6. The quantitative estimate of drug-likeness (QED) is 0.839. The summed E-state index contributed by atoms with van der Waals surface area (Å²) in [6.07, 6.45) is 1.84. The highest BCUT2D eigenvalue weighted by atomic mass is 32.2. The van der Waals surface area contributed by atoms with Crippen LogP contribution in [0.4, 0.5) is 5.69 Å². The van der Waals surface area contributed by atoms with Crippen LogP contribution < -0.4 is 9.62 Å². The SMILES string of the molecule is CSNC(=O)c1ccc(N2CCN(C)CC2)cc1. The van der Waals surface area contributed by atoms with Gasteiger partial charge in [-0.15, -0.1) is 0 Å². The zero-order chi connectivity index (χ0) is 13.0. The Morgan fingerprint density at radius 3 is 2.33 bits per heavy atom. The molecule has 1 heterocycles. The largest absolute Gasteiger partial charge is 0.369 e. The number of rotatable bonds is 3. The van der Waals surface area contributed by atoms with Crippen molar-refractivity contribution >= 4 is 23.5 Å². The minimum absolute atomic E-state index is 0.0348. The first-order chi connectivity index (χ1) is 8.70. The van der Waals surface area contributed by atoms with Crippen LogP contribution >= 0.6 is 11.9 Å². The predicted molar refractivity (Wildman–Crippen MR) is 77.1 cm³/mol. The van der Waals surface area contributed by atoms with Crippen molar-refractivity contribution in [3.8, 4) is 0 Å². The number of nitrogens with zero attached hydrogens (tertiary/aromatic N) is 2. The molecule has 0 bridgehead atoms.